The monoisotopic (exact) mass is 499 g/mol. The molecule has 0 saturated carbocycles. The zero-order chi connectivity index (χ0) is 22.5. The van der Waals surface area contributed by atoms with Gasteiger partial charge in [-0.15, -0.1) is 0 Å². The van der Waals surface area contributed by atoms with Gasteiger partial charge in [0.25, 0.3) is 0 Å². The van der Waals surface area contributed by atoms with E-state index < -0.39 is 0 Å². The molecule has 0 aliphatic heterocycles. The minimum atomic E-state index is -0.388. The molecule has 0 aliphatic rings. The molecule has 0 aliphatic carbocycles. The second kappa shape index (κ2) is 10.3. The van der Waals surface area contributed by atoms with Crippen LogP contribution in [0.25, 0.3) is 0 Å². The van der Waals surface area contributed by atoms with E-state index in [1.807, 2.05) is 19.1 Å². The molecule has 3 nitrogen and oxygen atoms in total. The maximum absolute atomic E-state index is 14.1. The molecule has 0 unspecified atom stereocenters. The number of halogens is 3. The number of ether oxygens (including phenoxy) is 2. The predicted molar refractivity (Wildman–Crippen MR) is 126 cm³/mol. The highest BCUT2D eigenvalue weighted by molar-refractivity contribution is 9.10. The van der Waals surface area contributed by atoms with E-state index in [-0.39, 0.29) is 23.4 Å². The Morgan fingerprint density at radius 3 is 2.33 bits per heavy atom. The van der Waals surface area contributed by atoms with Gasteiger partial charge in [0.15, 0.2) is 11.5 Å². The van der Waals surface area contributed by atoms with Crippen molar-refractivity contribution >= 4 is 27.5 Å². The van der Waals surface area contributed by atoms with Crippen LogP contribution in [0.1, 0.15) is 59.1 Å². The van der Waals surface area contributed by atoms with Gasteiger partial charge in [-0.3, -0.25) is 0 Å². The first kappa shape index (κ1) is 25.0. The number of hydrogen-bond donors (Lipinski definition) is 1. The summed E-state index contributed by atoms with van der Waals surface area (Å²) in [5.74, 6) is 0.778. The van der Waals surface area contributed by atoms with E-state index in [0.29, 0.717) is 35.2 Å². The summed E-state index contributed by atoms with van der Waals surface area (Å²) in [6.07, 6.45) is 1.04. The highest BCUT2D eigenvalue weighted by atomic mass is 79.9. The standard InChI is InChI=1S/C24H32BrClFNO2/c1-7-29-21-11-16(13-28-24(5,6)15-23(2,3)4)18(25)12-22(21)30-14-17-19(26)9-8-10-20(17)27/h8-12,28H,7,13-15H2,1-6H3. The van der Waals surface area contributed by atoms with Gasteiger partial charge in [0.2, 0.25) is 0 Å². The summed E-state index contributed by atoms with van der Waals surface area (Å²) in [5, 5.41) is 3.98. The van der Waals surface area contributed by atoms with Crippen molar-refractivity contribution in [2.45, 2.75) is 66.7 Å². The summed E-state index contributed by atoms with van der Waals surface area (Å²) in [7, 11) is 0. The second-order valence-electron chi connectivity index (χ2n) is 9.29. The van der Waals surface area contributed by atoms with Gasteiger partial charge in [-0.25, -0.2) is 4.39 Å². The van der Waals surface area contributed by atoms with E-state index in [1.165, 1.54) is 6.07 Å². The molecule has 0 bridgehead atoms. The maximum Gasteiger partial charge on any atom is 0.162 e. The van der Waals surface area contributed by atoms with E-state index >= 15 is 0 Å². The third-order valence-electron chi connectivity index (χ3n) is 4.58. The Bertz CT molecular complexity index is 845. The van der Waals surface area contributed by atoms with Crippen molar-refractivity contribution in [3.8, 4) is 11.5 Å². The zero-order valence-electron chi connectivity index (χ0n) is 18.7. The average Bonchev–Trinajstić information content (AvgIpc) is 2.60. The lowest BCUT2D eigenvalue weighted by molar-refractivity contribution is 0.240. The van der Waals surface area contributed by atoms with Crippen LogP contribution in [0, 0.1) is 11.2 Å². The van der Waals surface area contributed by atoms with Gasteiger partial charge in [-0.1, -0.05) is 54.4 Å². The summed E-state index contributed by atoms with van der Waals surface area (Å²) in [6, 6.07) is 8.43. The highest BCUT2D eigenvalue weighted by Crippen LogP contribution is 2.36. The summed E-state index contributed by atoms with van der Waals surface area (Å²) in [6.45, 7) is 14.3. The molecule has 0 spiro atoms. The summed E-state index contributed by atoms with van der Waals surface area (Å²) in [4.78, 5) is 0. The van der Waals surface area contributed by atoms with Crippen LogP contribution in [0.5, 0.6) is 11.5 Å². The lowest BCUT2D eigenvalue weighted by atomic mass is 9.82. The molecule has 2 aromatic carbocycles. The molecule has 6 heteroatoms. The molecule has 0 fully saturated rings. The largest absolute Gasteiger partial charge is 0.490 e. The average molecular weight is 501 g/mol. The molecule has 2 rings (SSSR count). The van der Waals surface area contributed by atoms with Crippen LogP contribution < -0.4 is 14.8 Å². The molecule has 0 atom stereocenters. The normalized spacial score (nSPS) is 12.2. The molecule has 0 radical (unpaired) electrons. The van der Waals surface area contributed by atoms with Gasteiger partial charge in [-0.2, -0.15) is 0 Å². The summed E-state index contributed by atoms with van der Waals surface area (Å²) >= 11 is 9.76. The Labute approximate surface area is 193 Å². The number of benzene rings is 2. The van der Waals surface area contributed by atoms with Crippen LogP contribution >= 0.6 is 27.5 Å². The molecule has 0 amide bonds. The van der Waals surface area contributed by atoms with Crippen LogP contribution in [-0.2, 0) is 13.2 Å². The molecular formula is C24H32BrClFNO2. The first-order valence-electron chi connectivity index (χ1n) is 10.2. The molecule has 30 heavy (non-hydrogen) atoms. The van der Waals surface area contributed by atoms with Crippen molar-refractivity contribution in [2.24, 2.45) is 5.41 Å². The predicted octanol–water partition coefficient (Wildman–Crippen LogP) is 7.52. The zero-order valence-corrected chi connectivity index (χ0v) is 21.0. The van der Waals surface area contributed by atoms with E-state index in [4.69, 9.17) is 21.1 Å². The van der Waals surface area contributed by atoms with E-state index in [1.54, 1.807) is 12.1 Å². The Kier molecular flexibility index (Phi) is 8.60. The Morgan fingerprint density at radius 1 is 1.07 bits per heavy atom. The van der Waals surface area contributed by atoms with Gasteiger partial charge in [0.1, 0.15) is 12.4 Å². The van der Waals surface area contributed by atoms with Crippen molar-refractivity contribution in [3.63, 3.8) is 0 Å². The smallest absolute Gasteiger partial charge is 0.162 e. The number of hydrogen-bond acceptors (Lipinski definition) is 3. The summed E-state index contributed by atoms with van der Waals surface area (Å²) < 4.78 is 26.6. The SMILES string of the molecule is CCOc1cc(CNC(C)(C)CC(C)(C)C)c(Br)cc1OCc1c(F)cccc1Cl. The molecular weight excluding hydrogens is 469 g/mol. The van der Waals surface area contributed by atoms with E-state index in [0.717, 1.165) is 16.5 Å². The third-order valence-corrected chi connectivity index (χ3v) is 5.67. The van der Waals surface area contributed by atoms with E-state index in [9.17, 15) is 4.39 Å². The number of nitrogens with one attached hydrogen (secondary N) is 1. The van der Waals surface area contributed by atoms with Crippen LogP contribution in [-0.4, -0.2) is 12.1 Å². The van der Waals surface area contributed by atoms with Crippen LogP contribution in [0.4, 0.5) is 4.39 Å². The Morgan fingerprint density at radius 2 is 1.73 bits per heavy atom. The molecule has 1 N–H and O–H groups in total. The first-order valence-corrected chi connectivity index (χ1v) is 11.3. The van der Waals surface area contributed by atoms with Crippen molar-refractivity contribution < 1.29 is 13.9 Å². The molecule has 0 saturated heterocycles. The molecule has 0 aromatic heterocycles. The summed E-state index contributed by atoms with van der Waals surface area (Å²) in [5.41, 5.74) is 1.61. The lowest BCUT2D eigenvalue weighted by Gasteiger charge is -2.33. The van der Waals surface area contributed by atoms with E-state index in [2.05, 4.69) is 55.9 Å². The van der Waals surface area contributed by atoms with Gasteiger partial charge >= 0.3 is 0 Å². The van der Waals surface area contributed by atoms with Crippen molar-refractivity contribution in [2.75, 3.05) is 6.61 Å². The van der Waals surface area contributed by atoms with Crippen molar-refractivity contribution in [3.05, 3.63) is 56.8 Å². The number of rotatable bonds is 9. The fraction of sp³-hybridized carbons (Fsp3) is 0.500. The second-order valence-corrected chi connectivity index (χ2v) is 10.5. The van der Waals surface area contributed by atoms with Crippen LogP contribution in [0.2, 0.25) is 5.02 Å². The lowest BCUT2D eigenvalue weighted by Crippen LogP contribution is -2.41. The quantitative estimate of drug-likeness (QED) is 0.386. The van der Waals surface area contributed by atoms with Crippen LogP contribution in [0.3, 0.4) is 0 Å². The highest BCUT2D eigenvalue weighted by Gasteiger charge is 2.25. The minimum absolute atomic E-state index is 0.0137. The van der Waals surface area contributed by atoms with Gasteiger partial charge in [0.05, 0.1) is 11.6 Å². The van der Waals surface area contributed by atoms with Crippen molar-refractivity contribution in [1.29, 1.82) is 0 Å². The first-order chi connectivity index (χ1) is 13.9. The van der Waals surface area contributed by atoms with Crippen molar-refractivity contribution in [1.82, 2.24) is 5.32 Å². The van der Waals surface area contributed by atoms with Gasteiger partial charge in [-0.05, 0) is 62.4 Å². The molecule has 0 heterocycles. The third kappa shape index (κ3) is 7.44. The molecule has 166 valence electrons. The Hall–Kier alpha value is -1.30. The maximum atomic E-state index is 14.1. The fourth-order valence-corrected chi connectivity index (χ4v) is 4.32. The topological polar surface area (TPSA) is 30.5 Å². The Balaban J connectivity index is 2.19. The minimum Gasteiger partial charge on any atom is -0.490 e. The van der Waals surface area contributed by atoms with Gasteiger partial charge in [0, 0.05) is 22.1 Å². The van der Waals surface area contributed by atoms with Gasteiger partial charge < -0.3 is 14.8 Å². The van der Waals surface area contributed by atoms with Crippen LogP contribution in [0.15, 0.2) is 34.8 Å². The fourth-order valence-electron chi connectivity index (χ4n) is 3.64. The molecule has 2 aromatic rings.